The molecular weight excluding hydrogens is 308 g/mol. The van der Waals surface area contributed by atoms with Crippen molar-refractivity contribution >= 4 is 0 Å². The molecule has 2 N–H and O–H groups in total. The molecule has 0 unspecified atom stereocenters. The summed E-state index contributed by atoms with van der Waals surface area (Å²) in [6.07, 6.45) is 1.83. The lowest BCUT2D eigenvalue weighted by molar-refractivity contribution is 0.411. The minimum absolute atomic E-state index is 0. The molecule has 2 aromatic rings. The maximum atomic E-state index is 10.8. The monoisotopic (exact) mass is 342 g/mol. The van der Waals surface area contributed by atoms with E-state index in [0.717, 1.165) is 22.4 Å². The number of pyridine rings is 1. The molecule has 3 nitrogen and oxygen atoms in total. The van der Waals surface area contributed by atoms with E-state index in [1.807, 2.05) is 25.3 Å². The fourth-order valence-electron chi connectivity index (χ4n) is 2.47. The molecule has 0 radical (unpaired) electrons. The summed E-state index contributed by atoms with van der Waals surface area (Å²) in [5, 5.41) is 14.3. The molecule has 0 saturated heterocycles. The van der Waals surface area contributed by atoms with Crippen molar-refractivity contribution < 1.29 is 5.11 Å². The number of nitrogens with zero attached hydrogens (tertiary/aromatic N) is 1. The molecule has 1 aromatic carbocycles. The molecular formula is C22H34N2O. The van der Waals surface area contributed by atoms with Crippen molar-refractivity contribution in [3.8, 4) is 16.9 Å². The van der Waals surface area contributed by atoms with E-state index in [4.69, 9.17) is 0 Å². The number of nitrogens with one attached hydrogen (secondary N) is 1. The van der Waals surface area contributed by atoms with Gasteiger partial charge in [0.05, 0.1) is 0 Å². The van der Waals surface area contributed by atoms with Crippen LogP contribution in [0.25, 0.3) is 11.1 Å². The maximum absolute atomic E-state index is 10.8. The minimum Gasteiger partial charge on any atom is -0.507 e. The van der Waals surface area contributed by atoms with Gasteiger partial charge < -0.3 is 10.4 Å². The first kappa shape index (κ1) is 21.2. The number of phenolic OH excluding ortho intramolecular Hbond substituents is 1. The number of phenols is 1. The number of hydrogen-bond donors (Lipinski definition) is 2. The number of aromatic hydroxyl groups is 1. The van der Waals surface area contributed by atoms with Gasteiger partial charge >= 0.3 is 0 Å². The highest BCUT2D eigenvalue weighted by molar-refractivity contribution is 5.72. The van der Waals surface area contributed by atoms with E-state index in [2.05, 4.69) is 64.0 Å². The Bertz CT molecular complexity index is 705. The summed E-state index contributed by atoms with van der Waals surface area (Å²) < 4.78 is 0. The van der Waals surface area contributed by atoms with Gasteiger partial charge in [0.25, 0.3) is 0 Å². The van der Waals surface area contributed by atoms with E-state index in [1.54, 1.807) is 0 Å². The third-order valence-corrected chi connectivity index (χ3v) is 4.09. The average Bonchev–Trinajstić information content (AvgIpc) is 2.45. The Morgan fingerprint density at radius 2 is 1.68 bits per heavy atom. The van der Waals surface area contributed by atoms with Crippen molar-refractivity contribution in [2.45, 2.75) is 73.4 Å². The fourth-order valence-corrected chi connectivity index (χ4v) is 2.47. The summed E-state index contributed by atoms with van der Waals surface area (Å²) in [4.78, 5) is 4.38. The van der Waals surface area contributed by atoms with Gasteiger partial charge in [-0.05, 0) is 50.8 Å². The van der Waals surface area contributed by atoms with Crippen LogP contribution in [0.4, 0.5) is 0 Å². The summed E-state index contributed by atoms with van der Waals surface area (Å²) in [7, 11) is 0. The van der Waals surface area contributed by atoms with Crippen molar-refractivity contribution in [1.82, 2.24) is 10.3 Å². The second kappa shape index (κ2) is 7.57. The summed E-state index contributed by atoms with van der Waals surface area (Å²) in [6, 6.07) is 8.19. The van der Waals surface area contributed by atoms with Crippen molar-refractivity contribution in [2.24, 2.45) is 0 Å². The molecule has 0 aliphatic rings. The zero-order chi connectivity index (χ0) is 18.1. The van der Waals surface area contributed by atoms with Crippen LogP contribution in [-0.2, 0) is 12.0 Å². The third-order valence-electron chi connectivity index (χ3n) is 4.09. The van der Waals surface area contributed by atoms with Crippen molar-refractivity contribution in [3.05, 3.63) is 47.3 Å². The van der Waals surface area contributed by atoms with Crippen molar-refractivity contribution in [2.75, 3.05) is 0 Å². The van der Waals surface area contributed by atoms with Crippen LogP contribution in [0.3, 0.4) is 0 Å². The third kappa shape index (κ3) is 5.57. The zero-order valence-corrected chi connectivity index (χ0v) is 16.0. The molecule has 0 saturated carbocycles. The Balaban J connectivity index is 0.00000312. The van der Waals surface area contributed by atoms with Crippen LogP contribution in [0.2, 0.25) is 0 Å². The molecule has 0 spiro atoms. The van der Waals surface area contributed by atoms with E-state index < -0.39 is 0 Å². The predicted octanol–water partition coefficient (Wildman–Crippen LogP) is 5.58. The Hall–Kier alpha value is -1.87. The van der Waals surface area contributed by atoms with Crippen LogP contribution in [0.1, 0.15) is 65.8 Å². The Morgan fingerprint density at radius 3 is 2.16 bits per heavy atom. The first-order valence-electron chi connectivity index (χ1n) is 8.52. The molecule has 0 aliphatic carbocycles. The number of hydrogen-bond acceptors (Lipinski definition) is 3. The number of aromatic nitrogens is 1. The SMILES string of the molecule is C.Cc1ccc(-c2cc(C(C)(C)C)cc(CNC(C)(C)C)c2O)cn1. The van der Waals surface area contributed by atoms with Gasteiger partial charge in [0, 0.05) is 40.7 Å². The topological polar surface area (TPSA) is 45.1 Å². The molecule has 0 atom stereocenters. The minimum atomic E-state index is -0.00421. The highest BCUT2D eigenvalue weighted by Crippen LogP contribution is 2.37. The largest absolute Gasteiger partial charge is 0.507 e. The van der Waals surface area contributed by atoms with Crippen LogP contribution in [-0.4, -0.2) is 15.6 Å². The molecule has 0 aliphatic heterocycles. The number of aryl methyl sites for hydroxylation is 1. The molecule has 3 heteroatoms. The highest BCUT2D eigenvalue weighted by Gasteiger charge is 2.20. The van der Waals surface area contributed by atoms with Gasteiger partial charge in [0.1, 0.15) is 5.75 Å². The molecule has 1 heterocycles. The van der Waals surface area contributed by atoms with Crippen LogP contribution in [0.5, 0.6) is 5.75 Å². The van der Waals surface area contributed by atoms with Gasteiger partial charge in [0.2, 0.25) is 0 Å². The van der Waals surface area contributed by atoms with Gasteiger partial charge in [-0.25, -0.2) is 0 Å². The second-order valence-electron chi connectivity index (χ2n) is 8.57. The molecule has 2 rings (SSSR count). The lowest BCUT2D eigenvalue weighted by Crippen LogP contribution is -2.35. The van der Waals surface area contributed by atoms with Crippen LogP contribution in [0, 0.1) is 6.92 Å². The Morgan fingerprint density at radius 1 is 1.04 bits per heavy atom. The molecule has 0 amide bonds. The zero-order valence-electron chi connectivity index (χ0n) is 16.0. The summed E-state index contributed by atoms with van der Waals surface area (Å²) in [5.74, 6) is 0.338. The normalized spacial score (nSPS) is 12.0. The summed E-state index contributed by atoms with van der Waals surface area (Å²) >= 11 is 0. The van der Waals surface area contributed by atoms with E-state index in [1.165, 1.54) is 5.56 Å². The van der Waals surface area contributed by atoms with Gasteiger partial charge in [-0.2, -0.15) is 0 Å². The highest BCUT2D eigenvalue weighted by atomic mass is 16.3. The van der Waals surface area contributed by atoms with Crippen LogP contribution >= 0.6 is 0 Å². The maximum Gasteiger partial charge on any atom is 0.127 e. The van der Waals surface area contributed by atoms with E-state index in [9.17, 15) is 5.11 Å². The Kier molecular flexibility index (Phi) is 6.41. The molecule has 25 heavy (non-hydrogen) atoms. The lowest BCUT2D eigenvalue weighted by atomic mass is 9.83. The lowest BCUT2D eigenvalue weighted by Gasteiger charge is -2.25. The van der Waals surface area contributed by atoms with Crippen molar-refractivity contribution in [1.29, 1.82) is 0 Å². The standard InChI is InChI=1S/C21H30N2O.CH4/c1-14-8-9-15(12-22-14)18-11-17(20(2,3)4)10-16(19(18)24)13-23-21(5,6)7;/h8-12,23-24H,13H2,1-7H3;1H4. The first-order valence-corrected chi connectivity index (χ1v) is 8.52. The van der Waals surface area contributed by atoms with Crippen LogP contribution in [0.15, 0.2) is 30.5 Å². The quantitative estimate of drug-likeness (QED) is 0.765. The first-order chi connectivity index (χ1) is 11.0. The van der Waals surface area contributed by atoms with E-state index in [-0.39, 0.29) is 18.4 Å². The smallest absolute Gasteiger partial charge is 0.127 e. The molecule has 0 fully saturated rings. The van der Waals surface area contributed by atoms with Gasteiger partial charge in [0.15, 0.2) is 0 Å². The van der Waals surface area contributed by atoms with E-state index in [0.29, 0.717) is 12.3 Å². The average molecular weight is 343 g/mol. The van der Waals surface area contributed by atoms with Gasteiger partial charge in [-0.3, -0.25) is 4.98 Å². The predicted molar refractivity (Wildman–Crippen MR) is 108 cm³/mol. The number of rotatable bonds is 3. The second-order valence-corrected chi connectivity index (χ2v) is 8.57. The fraction of sp³-hybridized carbons (Fsp3) is 0.500. The van der Waals surface area contributed by atoms with E-state index >= 15 is 0 Å². The number of benzene rings is 1. The van der Waals surface area contributed by atoms with Crippen LogP contribution < -0.4 is 5.32 Å². The summed E-state index contributed by atoms with van der Waals surface area (Å²) in [5.41, 5.74) is 4.91. The summed E-state index contributed by atoms with van der Waals surface area (Å²) in [6.45, 7) is 15.6. The Labute approximate surface area is 153 Å². The molecule has 138 valence electrons. The molecule has 0 bridgehead atoms. The molecule has 1 aromatic heterocycles. The van der Waals surface area contributed by atoms with Gasteiger partial charge in [-0.15, -0.1) is 0 Å². The van der Waals surface area contributed by atoms with Gasteiger partial charge in [-0.1, -0.05) is 40.3 Å². The van der Waals surface area contributed by atoms with Crippen molar-refractivity contribution in [3.63, 3.8) is 0 Å².